The first kappa shape index (κ1) is 30.4. The molecule has 1 aromatic rings. The van der Waals surface area contributed by atoms with Crippen molar-refractivity contribution >= 4 is 35.4 Å². The van der Waals surface area contributed by atoms with Gasteiger partial charge in [0.1, 0.15) is 18.7 Å². The lowest BCUT2D eigenvalue weighted by Gasteiger charge is -2.22. The zero-order valence-electron chi connectivity index (χ0n) is 20.8. The summed E-state index contributed by atoms with van der Waals surface area (Å²) in [5.41, 5.74) is 6.23. The molecule has 0 aromatic heterocycles. The lowest BCUT2D eigenvalue weighted by molar-refractivity contribution is -0.142. The first-order valence-electron chi connectivity index (χ1n) is 11.9. The summed E-state index contributed by atoms with van der Waals surface area (Å²) in [5.74, 6) is -2.00. The fraction of sp³-hybridized carbons (Fsp3) is 0.542. The van der Waals surface area contributed by atoms with E-state index in [9.17, 15) is 29.1 Å². The fourth-order valence-corrected chi connectivity index (χ4v) is 3.15. The number of hydrogen-bond acceptors (Lipinski definition) is 7. The highest BCUT2D eigenvalue weighted by molar-refractivity contribution is 5.98. The second-order valence-corrected chi connectivity index (χ2v) is 8.22. The number of primary amides is 1. The molecule has 0 radical (unpaired) electrons. The molecule has 0 fully saturated rings. The standard InChI is InChI=1S/C24H37N5O7/c1-3-4-5-8-21(32)28-20(14-30)23(34)29-19(7-6-13-26-24(25)35)22(33)27-18-11-9-17(10-12-18)15-36-16(2)31/h9-12,19-20,30H,3-8,13-15H2,1-2H3,(H,27,33)(H,28,32)(H,29,34)(H3,25,26,35)/t19-,20-/m0/s1. The number of aliphatic hydroxyl groups is 1. The number of carbonyl (C=O) groups is 5. The summed E-state index contributed by atoms with van der Waals surface area (Å²) < 4.78 is 4.93. The summed E-state index contributed by atoms with van der Waals surface area (Å²) in [6.07, 6.45) is 3.19. The van der Waals surface area contributed by atoms with Crippen molar-refractivity contribution < 1.29 is 33.8 Å². The predicted octanol–water partition coefficient (Wildman–Crippen LogP) is 0.679. The number of aliphatic hydroxyl groups excluding tert-OH is 1. The third-order valence-electron chi connectivity index (χ3n) is 5.11. The molecule has 0 spiro atoms. The Morgan fingerprint density at radius 2 is 1.67 bits per heavy atom. The molecule has 1 rings (SSSR count). The molecule has 0 heterocycles. The highest BCUT2D eigenvalue weighted by atomic mass is 16.5. The maximum Gasteiger partial charge on any atom is 0.312 e. The van der Waals surface area contributed by atoms with Gasteiger partial charge in [-0.1, -0.05) is 31.9 Å². The second kappa shape index (κ2) is 16.9. The van der Waals surface area contributed by atoms with Gasteiger partial charge in [-0.15, -0.1) is 0 Å². The molecule has 0 saturated heterocycles. The number of hydrogen-bond donors (Lipinski definition) is 6. The minimum absolute atomic E-state index is 0.0990. The van der Waals surface area contributed by atoms with Crippen LogP contribution in [0.2, 0.25) is 0 Å². The summed E-state index contributed by atoms with van der Waals surface area (Å²) in [4.78, 5) is 59.6. The average Bonchev–Trinajstić information content (AvgIpc) is 2.83. The van der Waals surface area contributed by atoms with Crippen molar-refractivity contribution in [3.8, 4) is 0 Å². The maximum atomic E-state index is 12.9. The number of ether oxygens (including phenoxy) is 1. The molecule has 12 nitrogen and oxygen atoms in total. The first-order chi connectivity index (χ1) is 17.2. The number of nitrogens with two attached hydrogens (primary N) is 1. The largest absolute Gasteiger partial charge is 0.461 e. The number of carbonyl (C=O) groups excluding carboxylic acids is 5. The van der Waals surface area contributed by atoms with Crippen molar-refractivity contribution in [2.45, 2.75) is 71.1 Å². The molecule has 0 aliphatic rings. The first-order valence-corrected chi connectivity index (χ1v) is 11.9. The minimum atomic E-state index is -1.21. The molecule has 0 unspecified atom stereocenters. The summed E-state index contributed by atoms with van der Waals surface area (Å²) in [7, 11) is 0. The Labute approximate surface area is 210 Å². The van der Waals surface area contributed by atoms with Gasteiger partial charge in [0.2, 0.25) is 17.7 Å². The molecule has 7 N–H and O–H groups in total. The van der Waals surface area contributed by atoms with Gasteiger partial charge in [-0.25, -0.2) is 4.79 Å². The normalized spacial score (nSPS) is 12.1. The van der Waals surface area contributed by atoms with Crippen molar-refractivity contribution in [1.82, 2.24) is 16.0 Å². The number of urea groups is 1. The Morgan fingerprint density at radius 3 is 2.25 bits per heavy atom. The van der Waals surface area contributed by atoms with Crippen molar-refractivity contribution in [2.75, 3.05) is 18.5 Å². The van der Waals surface area contributed by atoms with E-state index in [0.717, 1.165) is 18.4 Å². The van der Waals surface area contributed by atoms with Crippen LogP contribution in [-0.4, -0.2) is 60.1 Å². The van der Waals surface area contributed by atoms with E-state index in [1.807, 2.05) is 6.92 Å². The Balaban J connectivity index is 2.81. The van der Waals surface area contributed by atoms with Crippen LogP contribution in [0.3, 0.4) is 0 Å². The van der Waals surface area contributed by atoms with Crippen LogP contribution in [0.15, 0.2) is 24.3 Å². The Kier molecular flexibility index (Phi) is 14.2. The van der Waals surface area contributed by atoms with Gasteiger partial charge in [-0.2, -0.15) is 0 Å². The third kappa shape index (κ3) is 12.7. The maximum absolute atomic E-state index is 12.9. The van der Waals surface area contributed by atoms with Gasteiger partial charge in [-0.05, 0) is 37.0 Å². The molecular formula is C24H37N5O7. The highest BCUT2D eigenvalue weighted by Crippen LogP contribution is 2.12. The number of rotatable bonds is 16. The van der Waals surface area contributed by atoms with Crippen molar-refractivity contribution in [3.05, 3.63) is 29.8 Å². The van der Waals surface area contributed by atoms with Crippen LogP contribution < -0.4 is 27.0 Å². The molecule has 12 heteroatoms. The molecule has 0 aliphatic carbocycles. The van der Waals surface area contributed by atoms with Gasteiger partial charge in [0.25, 0.3) is 0 Å². The average molecular weight is 508 g/mol. The van der Waals surface area contributed by atoms with Crippen molar-refractivity contribution in [2.24, 2.45) is 5.73 Å². The lowest BCUT2D eigenvalue weighted by Crippen LogP contribution is -2.54. The van der Waals surface area contributed by atoms with Crippen LogP contribution in [-0.2, 0) is 30.5 Å². The van der Waals surface area contributed by atoms with Crippen LogP contribution in [0, 0.1) is 0 Å². The molecular weight excluding hydrogens is 470 g/mol. The number of anilines is 1. The zero-order chi connectivity index (χ0) is 26.9. The van der Waals surface area contributed by atoms with Crippen LogP contribution in [0.25, 0.3) is 0 Å². The molecule has 0 aliphatic heterocycles. The number of esters is 1. The van der Waals surface area contributed by atoms with E-state index in [1.54, 1.807) is 24.3 Å². The van der Waals surface area contributed by atoms with Gasteiger partial charge in [0.05, 0.1) is 6.61 Å². The summed E-state index contributed by atoms with van der Waals surface area (Å²) >= 11 is 0. The number of amides is 5. The summed E-state index contributed by atoms with van der Waals surface area (Å²) in [6.45, 7) is 2.97. The number of unbranched alkanes of at least 4 members (excludes halogenated alkanes) is 2. The van der Waals surface area contributed by atoms with E-state index >= 15 is 0 Å². The van der Waals surface area contributed by atoms with E-state index in [2.05, 4.69) is 21.3 Å². The zero-order valence-corrected chi connectivity index (χ0v) is 20.8. The Hall–Kier alpha value is -3.67. The lowest BCUT2D eigenvalue weighted by atomic mass is 10.1. The topological polar surface area (TPSA) is 189 Å². The van der Waals surface area contributed by atoms with E-state index in [-0.39, 0.29) is 31.9 Å². The molecule has 0 bridgehead atoms. The van der Waals surface area contributed by atoms with Gasteiger partial charge in [0.15, 0.2) is 0 Å². The van der Waals surface area contributed by atoms with E-state index in [1.165, 1.54) is 6.92 Å². The van der Waals surface area contributed by atoms with Crippen LogP contribution >= 0.6 is 0 Å². The predicted molar refractivity (Wildman–Crippen MR) is 132 cm³/mol. The smallest absolute Gasteiger partial charge is 0.312 e. The van der Waals surface area contributed by atoms with Crippen LogP contribution in [0.4, 0.5) is 10.5 Å². The van der Waals surface area contributed by atoms with Crippen LogP contribution in [0.1, 0.15) is 57.9 Å². The van der Waals surface area contributed by atoms with Gasteiger partial charge in [0, 0.05) is 25.6 Å². The van der Waals surface area contributed by atoms with Crippen LogP contribution in [0.5, 0.6) is 0 Å². The molecule has 36 heavy (non-hydrogen) atoms. The third-order valence-corrected chi connectivity index (χ3v) is 5.11. The second-order valence-electron chi connectivity index (χ2n) is 8.22. The fourth-order valence-electron chi connectivity index (χ4n) is 3.15. The quantitative estimate of drug-likeness (QED) is 0.140. The molecule has 5 amide bonds. The van der Waals surface area contributed by atoms with Gasteiger partial charge >= 0.3 is 12.0 Å². The highest BCUT2D eigenvalue weighted by Gasteiger charge is 2.26. The Bertz CT molecular complexity index is 876. The van der Waals surface area contributed by atoms with Gasteiger partial charge < -0.3 is 36.8 Å². The van der Waals surface area contributed by atoms with E-state index in [0.29, 0.717) is 18.5 Å². The Morgan fingerprint density at radius 1 is 0.972 bits per heavy atom. The van der Waals surface area contributed by atoms with Crippen molar-refractivity contribution in [1.29, 1.82) is 0 Å². The summed E-state index contributed by atoms with van der Waals surface area (Å²) in [6, 6.07) is 3.67. The van der Waals surface area contributed by atoms with Gasteiger partial charge in [-0.3, -0.25) is 19.2 Å². The SMILES string of the molecule is CCCCCC(=O)N[C@@H](CO)C(=O)N[C@@H](CCCNC(N)=O)C(=O)Nc1ccc(COC(C)=O)cc1. The molecule has 1 aromatic carbocycles. The van der Waals surface area contributed by atoms with E-state index in [4.69, 9.17) is 10.5 Å². The summed E-state index contributed by atoms with van der Waals surface area (Å²) in [5, 5.41) is 19.8. The van der Waals surface area contributed by atoms with E-state index < -0.39 is 42.5 Å². The number of nitrogens with one attached hydrogen (secondary N) is 4. The molecule has 2 atom stereocenters. The molecule has 0 saturated carbocycles. The monoisotopic (exact) mass is 507 g/mol. The number of benzene rings is 1. The van der Waals surface area contributed by atoms with Crippen molar-refractivity contribution in [3.63, 3.8) is 0 Å². The molecule has 200 valence electrons. The minimum Gasteiger partial charge on any atom is -0.461 e.